The van der Waals surface area contributed by atoms with E-state index in [0.717, 1.165) is 39.8 Å². The molecule has 4 aromatic rings. The van der Waals surface area contributed by atoms with Crippen molar-refractivity contribution < 1.29 is 9.36 Å². The van der Waals surface area contributed by atoms with Crippen molar-refractivity contribution in [2.24, 2.45) is 5.10 Å². The minimum Gasteiger partial charge on any atom is -0.306 e. The largest absolute Gasteiger partial charge is 0.343 e. The Kier molecular flexibility index (Phi) is 7.24. The van der Waals surface area contributed by atoms with Crippen LogP contribution in [-0.2, 0) is 6.54 Å². The summed E-state index contributed by atoms with van der Waals surface area (Å²) in [6.07, 6.45) is 3.85. The molecule has 0 radical (unpaired) electrons. The fraction of sp³-hybridized carbons (Fsp3) is 0.167. The fourth-order valence-corrected chi connectivity index (χ4v) is 5.01. The first kappa shape index (κ1) is 22.5. The van der Waals surface area contributed by atoms with E-state index in [1.54, 1.807) is 23.5 Å². The number of thiocarbonyl (C=S) groups is 1. The highest BCUT2D eigenvalue weighted by atomic mass is 79.9. The maximum atomic E-state index is 12.8. The van der Waals surface area contributed by atoms with Gasteiger partial charge in [0.2, 0.25) is 5.52 Å². The number of amides is 1. The lowest BCUT2D eigenvalue weighted by Crippen LogP contribution is -2.44. The zero-order valence-corrected chi connectivity index (χ0v) is 20.7. The van der Waals surface area contributed by atoms with E-state index in [-0.39, 0.29) is 5.91 Å². The molecule has 0 fully saturated rings. The van der Waals surface area contributed by atoms with Crippen LogP contribution < -0.4 is 9.88 Å². The number of rotatable bonds is 7. The van der Waals surface area contributed by atoms with Gasteiger partial charge in [-0.2, -0.15) is 0 Å². The lowest BCUT2D eigenvalue weighted by molar-refractivity contribution is -0.673. The van der Waals surface area contributed by atoms with Gasteiger partial charge in [0.1, 0.15) is 0 Å². The highest BCUT2D eigenvalue weighted by molar-refractivity contribution is 9.10. The van der Waals surface area contributed by atoms with Gasteiger partial charge in [0.15, 0.2) is 10.5 Å². The van der Waals surface area contributed by atoms with Gasteiger partial charge < -0.3 is 5.32 Å². The van der Waals surface area contributed by atoms with Crippen LogP contribution in [0.25, 0.3) is 11.0 Å². The summed E-state index contributed by atoms with van der Waals surface area (Å²) in [5, 5.41) is 9.69. The van der Waals surface area contributed by atoms with Crippen molar-refractivity contribution in [3.63, 3.8) is 0 Å². The molecule has 32 heavy (non-hydrogen) atoms. The van der Waals surface area contributed by atoms with E-state index in [4.69, 9.17) is 17.3 Å². The van der Waals surface area contributed by atoms with Gasteiger partial charge in [-0.15, -0.1) is 11.3 Å². The lowest BCUT2D eigenvalue weighted by atomic mass is 10.2. The first-order valence-electron chi connectivity index (χ1n) is 10.3. The Bertz CT molecular complexity index is 1290. The summed E-state index contributed by atoms with van der Waals surface area (Å²) in [6, 6.07) is 19.2. The summed E-state index contributed by atoms with van der Waals surface area (Å²) >= 11 is 10.8. The Labute approximate surface area is 204 Å². The van der Waals surface area contributed by atoms with Crippen LogP contribution in [0, 0.1) is 0 Å². The SMILES string of the molecule is CCCC[n+]1c(C(=S)NC(=O)c2ccccc2)n(/N=C/c2cc(Br)cs2)c2ccccc21. The van der Waals surface area contributed by atoms with E-state index in [1.807, 2.05) is 58.7 Å². The second-order valence-electron chi connectivity index (χ2n) is 7.19. The van der Waals surface area contributed by atoms with Gasteiger partial charge >= 0.3 is 5.82 Å². The van der Waals surface area contributed by atoms with E-state index in [1.165, 1.54) is 0 Å². The number of fused-ring (bicyclic) bond motifs is 1. The van der Waals surface area contributed by atoms with Crippen molar-refractivity contribution in [2.75, 3.05) is 0 Å². The fourth-order valence-electron chi connectivity index (χ4n) is 3.42. The number of halogens is 1. The lowest BCUT2D eigenvalue weighted by Gasteiger charge is -2.06. The van der Waals surface area contributed by atoms with Crippen LogP contribution >= 0.6 is 39.5 Å². The molecule has 0 aliphatic heterocycles. The number of nitrogens with zero attached hydrogens (tertiary/aromatic N) is 3. The number of imidazole rings is 1. The van der Waals surface area contributed by atoms with Crippen LogP contribution in [0.5, 0.6) is 0 Å². The first-order chi connectivity index (χ1) is 15.6. The third-order valence-electron chi connectivity index (χ3n) is 4.95. The molecule has 1 amide bonds. The van der Waals surface area contributed by atoms with Crippen molar-refractivity contribution in [2.45, 2.75) is 26.3 Å². The van der Waals surface area contributed by atoms with Crippen LogP contribution in [0.1, 0.15) is 40.8 Å². The van der Waals surface area contributed by atoms with E-state index < -0.39 is 0 Å². The van der Waals surface area contributed by atoms with Gasteiger partial charge in [-0.25, -0.2) is 4.57 Å². The number of nitrogens with one attached hydrogen (secondary N) is 1. The quantitative estimate of drug-likeness (QED) is 0.195. The molecule has 0 aliphatic rings. The Balaban J connectivity index is 1.79. The Morgan fingerprint density at radius 3 is 2.69 bits per heavy atom. The Morgan fingerprint density at radius 2 is 1.97 bits per heavy atom. The highest BCUT2D eigenvalue weighted by Gasteiger charge is 2.29. The minimum absolute atomic E-state index is 0.236. The average molecular weight is 527 g/mol. The van der Waals surface area contributed by atoms with Crippen LogP contribution in [-0.4, -0.2) is 21.8 Å². The van der Waals surface area contributed by atoms with Gasteiger partial charge in [0.25, 0.3) is 5.91 Å². The number of aromatic nitrogens is 2. The van der Waals surface area contributed by atoms with Gasteiger partial charge in [0.05, 0.1) is 17.6 Å². The number of carbonyl (C=O) groups excluding carboxylic acids is 1. The average Bonchev–Trinajstić information content (AvgIpc) is 3.37. The molecular formula is C24H22BrN4OS2+. The molecule has 8 heteroatoms. The molecule has 0 saturated heterocycles. The number of hydrogen-bond acceptors (Lipinski definition) is 4. The molecule has 5 nitrogen and oxygen atoms in total. The number of aryl methyl sites for hydroxylation is 1. The summed E-state index contributed by atoms with van der Waals surface area (Å²) < 4.78 is 4.99. The molecule has 2 aromatic carbocycles. The van der Waals surface area contributed by atoms with Gasteiger partial charge in [-0.1, -0.05) is 65.7 Å². The normalized spacial score (nSPS) is 11.3. The van der Waals surface area contributed by atoms with Gasteiger partial charge in [-0.3, -0.25) is 4.79 Å². The Hall–Kier alpha value is -2.68. The summed E-state index contributed by atoms with van der Waals surface area (Å²) in [7, 11) is 0. The number of hydrogen-bond donors (Lipinski definition) is 1. The monoisotopic (exact) mass is 525 g/mol. The molecule has 0 unspecified atom stereocenters. The van der Waals surface area contributed by atoms with E-state index in [2.05, 4.69) is 38.8 Å². The smallest absolute Gasteiger partial charge is 0.306 e. The zero-order chi connectivity index (χ0) is 22.5. The molecule has 0 aliphatic carbocycles. The molecule has 0 saturated carbocycles. The van der Waals surface area contributed by atoms with Crippen LogP contribution in [0.4, 0.5) is 0 Å². The van der Waals surface area contributed by atoms with E-state index in [0.29, 0.717) is 16.4 Å². The summed E-state index contributed by atoms with van der Waals surface area (Å²) in [5.41, 5.74) is 2.52. The first-order valence-corrected chi connectivity index (χ1v) is 12.4. The van der Waals surface area contributed by atoms with Crippen LogP contribution in [0.3, 0.4) is 0 Å². The van der Waals surface area contributed by atoms with Gasteiger partial charge in [-0.05, 0) is 52.7 Å². The molecule has 162 valence electrons. The standard InChI is InChI=1S/C24H21BrN4OS2/c1-2-3-13-28-20-11-7-8-12-21(20)29(26-15-19-14-18(25)16-32-19)24(28)23(31)27-22(30)17-9-5-4-6-10-17/h4-12,14-16H,2-3,13H2,1H3/p+1/b26-15+. The third-order valence-corrected chi connectivity index (χ3v) is 6.86. The Morgan fingerprint density at radius 1 is 1.22 bits per heavy atom. The summed E-state index contributed by atoms with van der Waals surface area (Å²) in [4.78, 5) is 14.2. The minimum atomic E-state index is -0.236. The number of carbonyl (C=O) groups is 1. The predicted molar refractivity (Wildman–Crippen MR) is 138 cm³/mol. The molecular weight excluding hydrogens is 504 g/mol. The molecule has 0 spiro atoms. The molecule has 0 bridgehead atoms. The third kappa shape index (κ3) is 4.87. The second-order valence-corrected chi connectivity index (χ2v) is 9.46. The van der Waals surface area contributed by atoms with Crippen molar-refractivity contribution in [1.29, 1.82) is 0 Å². The summed E-state index contributed by atoms with van der Waals surface area (Å²) in [5.74, 6) is 0.450. The number of para-hydroxylation sites is 2. The van der Waals surface area contributed by atoms with Crippen molar-refractivity contribution in [1.82, 2.24) is 9.99 Å². The zero-order valence-electron chi connectivity index (χ0n) is 17.5. The maximum absolute atomic E-state index is 12.8. The summed E-state index contributed by atoms with van der Waals surface area (Å²) in [6.45, 7) is 2.93. The topological polar surface area (TPSA) is 50.3 Å². The molecule has 2 heterocycles. The molecule has 0 atom stereocenters. The number of unbranched alkanes of at least 4 members (excludes halogenated alkanes) is 1. The van der Waals surface area contributed by atoms with Crippen LogP contribution in [0.2, 0.25) is 0 Å². The molecule has 2 aromatic heterocycles. The van der Waals surface area contributed by atoms with Crippen molar-refractivity contribution in [3.8, 4) is 0 Å². The van der Waals surface area contributed by atoms with Crippen molar-refractivity contribution in [3.05, 3.63) is 86.8 Å². The second kappa shape index (κ2) is 10.3. The van der Waals surface area contributed by atoms with Crippen LogP contribution in [0.15, 0.2) is 75.6 Å². The van der Waals surface area contributed by atoms with E-state index >= 15 is 0 Å². The number of thiophene rings is 1. The maximum Gasteiger partial charge on any atom is 0.343 e. The van der Waals surface area contributed by atoms with Gasteiger partial charge in [0, 0.05) is 15.4 Å². The van der Waals surface area contributed by atoms with Crippen molar-refractivity contribution >= 4 is 67.6 Å². The highest BCUT2D eigenvalue weighted by Crippen LogP contribution is 2.19. The van der Waals surface area contributed by atoms with E-state index in [9.17, 15) is 4.79 Å². The predicted octanol–water partition coefficient (Wildman–Crippen LogP) is 5.54. The molecule has 1 N–H and O–H groups in total. The molecule has 4 rings (SSSR count). The number of benzene rings is 2.